The van der Waals surface area contributed by atoms with E-state index in [-0.39, 0.29) is 0 Å². The molecule has 90 valence electrons. The van der Waals surface area contributed by atoms with E-state index in [4.69, 9.17) is 4.84 Å². The van der Waals surface area contributed by atoms with Crippen LogP contribution >= 0.6 is 11.8 Å². The molecule has 4 heteroatoms. The van der Waals surface area contributed by atoms with E-state index >= 15 is 0 Å². The fourth-order valence-electron chi connectivity index (χ4n) is 1.58. The molecule has 0 fully saturated rings. The first-order chi connectivity index (χ1) is 8.74. The van der Waals surface area contributed by atoms with Crippen LogP contribution in [0.15, 0.2) is 46.5 Å². The quantitative estimate of drug-likeness (QED) is 0.601. The Morgan fingerprint density at radius 1 is 1.28 bits per heavy atom. The minimum Gasteiger partial charge on any atom is -0.398 e. The van der Waals surface area contributed by atoms with Crippen molar-refractivity contribution < 1.29 is 4.84 Å². The third-order valence-corrected chi connectivity index (χ3v) is 3.45. The van der Waals surface area contributed by atoms with Crippen LogP contribution in [0.2, 0.25) is 0 Å². The highest BCUT2D eigenvalue weighted by Gasteiger charge is 2.15. The molecule has 0 atom stereocenters. The number of nitriles is 1. The predicted molar refractivity (Wildman–Crippen MR) is 74.9 cm³/mol. The van der Waals surface area contributed by atoms with Crippen LogP contribution < -0.4 is 0 Å². The van der Waals surface area contributed by atoms with Crippen LogP contribution in [0, 0.1) is 18.3 Å². The van der Waals surface area contributed by atoms with Gasteiger partial charge in [0.25, 0.3) is 0 Å². The zero-order valence-corrected chi connectivity index (χ0v) is 11.0. The van der Waals surface area contributed by atoms with Crippen molar-refractivity contribution in [2.75, 3.05) is 7.11 Å². The number of hydrogen-bond acceptors (Lipinski definition) is 4. The van der Waals surface area contributed by atoms with Crippen molar-refractivity contribution in [1.29, 1.82) is 5.26 Å². The number of benzene rings is 1. The van der Waals surface area contributed by atoms with Gasteiger partial charge >= 0.3 is 0 Å². The van der Waals surface area contributed by atoms with Crippen molar-refractivity contribution in [3.63, 3.8) is 0 Å². The Morgan fingerprint density at radius 2 is 2.00 bits per heavy atom. The number of allylic oxidation sites excluding steroid dienone is 2. The summed E-state index contributed by atoms with van der Waals surface area (Å²) in [5.41, 5.74) is 2.77. The second kappa shape index (κ2) is 5.56. The third kappa shape index (κ3) is 2.63. The number of thioether (sulfide) groups is 1. The molecule has 0 N–H and O–H groups in total. The monoisotopic (exact) mass is 256 g/mol. The van der Waals surface area contributed by atoms with Crippen LogP contribution in [0.4, 0.5) is 0 Å². The SMILES string of the molecule is CON=C1C=C/C(=C(/C#N)c2ccc(C)cc2)S1. The highest BCUT2D eigenvalue weighted by Crippen LogP contribution is 2.33. The average molecular weight is 256 g/mol. The number of rotatable bonds is 2. The zero-order chi connectivity index (χ0) is 13.0. The molecule has 1 aliphatic rings. The minimum atomic E-state index is 0.664. The molecule has 18 heavy (non-hydrogen) atoms. The lowest BCUT2D eigenvalue weighted by Crippen LogP contribution is -1.86. The maximum absolute atomic E-state index is 9.30. The molecule has 1 aliphatic heterocycles. The van der Waals surface area contributed by atoms with Crippen LogP contribution in [0.1, 0.15) is 11.1 Å². The van der Waals surface area contributed by atoms with Gasteiger partial charge in [0.2, 0.25) is 0 Å². The summed E-state index contributed by atoms with van der Waals surface area (Å²) in [5, 5.41) is 13.9. The minimum absolute atomic E-state index is 0.664. The lowest BCUT2D eigenvalue weighted by atomic mass is 10.1. The highest BCUT2D eigenvalue weighted by atomic mass is 32.2. The van der Waals surface area contributed by atoms with Gasteiger partial charge in [0.05, 0.1) is 5.57 Å². The molecule has 0 amide bonds. The molecule has 1 heterocycles. The fraction of sp³-hybridized carbons (Fsp3) is 0.143. The second-order valence-corrected chi connectivity index (χ2v) is 4.83. The summed E-state index contributed by atoms with van der Waals surface area (Å²) >= 11 is 1.44. The van der Waals surface area contributed by atoms with Gasteiger partial charge in [-0.3, -0.25) is 0 Å². The van der Waals surface area contributed by atoms with Crippen molar-refractivity contribution in [1.82, 2.24) is 0 Å². The zero-order valence-electron chi connectivity index (χ0n) is 10.2. The van der Waals surface area contributed by atoms with Crippen molar-refractivity contribution in [2.45, 2.75) is 6.92 Å². The van der Waals surface area contributed by atoms with Gasteiger partial charge in [0.15, 0.2) is 0 Å². The molecule has 3 nitrogen and oxygen atoms in total. The Hall–Kier alpha value is -1.99. The average Bonchev–Trinajstić information content (AvgIpc) is 2.82. The summed E-state index contributed by atoms with van der Waals surface area (Å²) in [6.45, 7) is 2.02. The van der Waals surface area contributed by atoms with Gasteiger partial charge < -0.3 is 4.84 Å². The number of nitrogens with zero attached hydrogens (tertiary/aromatic N) is 2. The molecule has 0 saturated heterocycles. The van der Waals surface area contributed by atoms with Crippen LogP contribution in [0.25, 0.3) is 5.57 Å². The fourth-order valence-corrected chi connectivity index (χ4v) is 2.46. The standard InChI is InChI=1S/C14H12N2OS/c1-10-3-5-11(6-4-10)12(9-15)13-7-8-14(18-13)16-17-2/h3-8H,1-2H3/b13-12+,16-14?. The molecule has 0 radical (unpaired) electrons. The van der Waals surface area contributed by atoms with Gasteiger partial charge in [-0.2, -0.15) is 5.26 Å². The first-order valence-corrected chi connectivity index (χ1v) is 6.24. The first-order valence-electron chi connectivity index (χ1n) is 5.43. The molecule has 0 unspecified atom stereocenters. The number of hydrogen-bond donors (Lipinski definition) is 0. The second-order valence-electron chi connectivity index (χ2n) is 3.76. The van der Waals surface area contributed by atoms with Crippen LogP contribution in [0.5, 0.6) is 0 Å². The van der Waals surface area contributed by atoms with Gasteiger partial charge in [-0.25, -0.2) is 0 Å². The molecule has 0 aromatic heterocycles. The normalized spacial score (nSPS) is 18.8. The Bertz CT molecular complexity index is 577. The lowest BCUT2D eigenvalue weighted by molar-refractivity contribution is 0.215. The topological polar surface area (TPSA) is 45.4 Å². The molecule has 1 aromatic carbocycles. The molecule has 0 bridgehead atoms. The van der Waals surface area contributed by atoms with E-state index in [1.807, 2.05) is 43.3 Å². The molecule has 0 aliphatic carbocycles. The molecule has 1 aromatic rings. The molecule has 0 spiro atoms. The van der Waals surface area contributed by atoms with Gasteiger partial charge in [-0.05, 0) is 24.6 Å². The van der Waals surface area contributed by atoms with E-state index in [1.54, 1.807) is 0 Å². The van der Waals surface area contributed by atoms with Gasteiger partial charge in [-0.1, -0.05) is 46.7 Å². The summed E-state index contributed by atoms with van der Waals surface area (Å²) in [6, 6.07) is 10.2. The van der Waals surface area contributed by atoms with Gasteiger partial charge in [-0.15, -0.1) is 0 Å². The Morgan fingerprint density at radius 3 is 2.61 bits per heavy atom. The highest BCUT2D eigenvalue weighted by molar-refractivity contribution is 8.18. The van der Waals surface area contributed by atoms with Crippen molar-refractivity contribution in [3.8, 4) is 6.07 Å². The summed E-state index contributed by atoms with van der Waals surface area (Å²) < 4.78 is 0. The lowest BCUT2D eigenvalue weighted by Gasteiger charge is -2.02. The molecular formula is C14H12N2OS. The summed E-state index contributed by atoms with van der Waals surface area (Å²) in [7, 11) is 1.51. The van der Waals surface area contributed by atoms with Crippen LogP contribution in [-0.4, -0.2) is 12.2 Å². The smallest absolute Gasteiger partial charge is 0.140 e. The summed E-state index contributed by atoms with van der Waals surface area (Å²) in [6.07, 6.45) is 3.73. The molecule has 2 rings (SSSR count). The van der Waals surface area contributed by atoms with E-state index in [0.717, 1.165) is 15.5 Å². The molecule has 0 saturated carbocycles. The van der Waals surface area contributed by atoms with E-state index < -0.39 is 0 Å². The van der Waals surface area contributed by atoms with Gasteiger partial charge in [0.1, 0.15) is 18.2 Å². The van der Waals surface area contributed by atoms with E-state index in [1.165, 1.54) is 24.4 Å². The van der Waals surface area contributed by atoms with Crippen molar-refractivity contribution in [3.05, 3.63) is 52.4 Å². The largest absolute Gasteiger partial charge is 0.398 e. The van der Waals surface area contributed by atoms with Crippen molar-refractivity contribution >= 4 is 22.4 Å². The van der Waals surface area contributed by atoms with E-state index in [0.29, 0.717) is 5.57 Å². The maximum atomic E-state index is 9.30. The van der Waals surface area contributed by atoms with E-state index in [9.17, 15) is 5.26 Å². The van der Waals surface area contributed by atoms with Crippen LogP contribution in [0.3, 0.4) is 0 Å². The number of oxime groups is 1. The number of aryl methyl sites for hydroxylation is 1. The maximum Gasteiger partial charge on any atom is 0.140 e. The predicted octanol–water partition coefficient (Wildman–Crippen LogP) is 3.49. The van der Waals surface area contributed by atoms with E-state index in [2.05, 4.69) is 11.2 Å². The van der Waals surface area contributed by atoms with Crippen LogP contribution in [-0.2, 0) is 4.84 Å². The van der Waals surface area contributed by atoms with Crippen molar-refractivity contribution in [2.24, 2.45) is 5.16 Å². The Labute approximate surface area is 110 Å². The van der Waals surface area contributed by atoms with Gasteiger partial charge in [0, 0.05) is 4.91 Å². The Kier molecular flexibility index (Phi) is 3.85. The first kappa shape index (κ1) is 12.5. The molecular weight excluding hydrogens is 244 g/mol. The Balaban J connectivity index is 2.36. The summed E-state index contributed by atoms with van der Waals surface area (Å²) in [4.78, 5) is 5.62. The third-order valence-electron chi connectivity index (χ3n) is 2.47. The summed E-state index contributed by atoms with van der Waals surface area (Å²) in [5.74, 6) is 0.